The highest BCUT2D eigenvalue weighted by atomic mass is 16.3. The van der Waals surface area contributed by atoms with Crippen molar-refractivity contribution in [2.24, 2.45) is 17.8 Å². The van der Waals surface area contributed by atoms with Crippen molar-refractivity contribution in [1.29, 1.82) is 0 Å². The molecule has 106 valence electrons. The summed E-state index contributed by atoms with van der Waals surface area (Å²) < 4.78 is 0. The minimum Gasteiger partial charge on any atom is -0.393 e. The third-order valence-corrected chi connectivity index (χ3v) is 5.31. The molecule has 2 rings (SSSR count). The number of piperidine rings is 1. The maximum absolute atomic E-state index is 10.3. The van der Waals surface area contributed by atoms with Gasteiger partial charge >= 0.3 is 0 Å². The van der Waals surface area contributed by atoms with E-state index in [2.05, 4.69) is 25.7 Å². The Labute approximate surface area is 113 Å². The minimum absolute atomic E-state index is 0.0489. The molecule has 2 aliphatic rings. The van der Waals surface area contributed by atoms with E-state index in [-0.39, 0.29) is 6.10 Å². The Balaban J connectivity index is 1.93. The summed E-state index contributed by atoms with van der Waals surface area (Å²) in [6.45, 7) is 9.49. The van der Waals surface area contributed by atoms with Gasteiger partial charge in [0.2, 0.25) is 0 Å². The minimum atomic E-state index is -0.0489. The molecule has 2 nitrogen and oxygen atoms in total. The lowest BCUT2D eigenvalue weighted by molar-refractivity contribution is 0.0237. The van der Waals surface area contributed by atoms with E-state index in [4.69, 9.17) is 0 Å². The van der Waals surface area contributed by atoms with Crippen molar-refractivity contribution in [3.8, 4) is 0 Å². The summed E-state index contributed by atoms with van der Waals surface area (Å²) in [5.41, 5.74) is 0. The predicted octanol–water partition coefficient (Wildman–Crippen LogP) is 3.29. The number of nitrogens with zero attached hydrogens (tertiary/aromatic N) is 1. The molecule has 1 aliphatic carbocycles. The average molecular weight is 253 g/mol. The van der Waals surface area contributed by atoms with Crippen molar-refractivity contribution >= 4 is 0 Å². The molecule has 1 saturated carbocycles. The van der Waals surface area contributed by atoms with Crippen molar-refractivity contribution in [3.63, 3.8) is 0 Å². The first-order valence-corrected chi connectivity index (χ1v) is 8.00. The number of aliphatic hydroxyl groups is 1. The molecule has 18 heavy (non-hydrogen) atoms. The maximum Gasteiger partial charge on any atom is 0.0580 e. The number of aliphatic hydroxyl groups excluding tert-OH is 1. The summed E-state index contributed by atoms with van der Waals surface area (Å²) in [5, 5.41) is 10.3. The van der Waals surface area contributed by atoms with Gasteiger partial charge in [0, 0.05) is 19.1 Å². The van der Waals surface area contributed by atoms with Gasteiger partial charge < -0.3 is 5.11 Å². The molecule has 0 amide bonds. The second-order valence-corrected chi connectivity index (χ2v) is 6.98. The first kappa shape index (κ1) is 14.3. The normalized spacial score (nSPS) is 43.7. The van der Waals surface area contributed by atoms with Gasteiger partial charge in [-0.2, -0.15) is 0 Å². The van der Waals surface area contributed by atoms with Crippen molar-refractivity contribution in [3.05, 3.63) is 0 Å². The number of rotatable bonds is 2. The molecule has 1 saturated heterocycles. The average Bonchev–Trinajstić information content (AvgIpc) is 2.51. The van der Waals surface area contributed by atoms with Crippen LogP contribution in [0, 0.1) is 17.8 Å². The topological polar surface area (TPSA) is 23.5 Å². The summed E-state index contributed by atoms with van der Waals surface area (Å²) in [7, 11) is 0. The van der Waals surface area contributed by atoms with Gasteiger partial charge in [0.25, 0.3) is 0 Å². The molecule has 0 aromatic heterocycles. The maximum atomic E-state index is 10.3. The van der Waals surface area contributed by atoms with Crippen LogP contribution in [0.2, 0.25) is 0 Å². The molecule has 2 fully saturated rings. The lowest BCUT2D eigenvalue weighted by Gasteiger charge is -2.43. The fourth-order valence-electron chi connectivity index (χ4n) is 3.95. The van der Waals surface area contributed by atoms with Crippen LogP contribution in [-0.2, 0) is 0 Å². The molecular weight excluding hydrogens is 222 g/mol. The highest BCUT2D eigenvalue weighted by molar-refractivity contribution is 4.85. The van der Waals surface area contributed by atoms with Crippen molar-refractivity contribution in [1.82, 2.24) is 4.90 Å². The molecule has 0 bridgehead atoms. The first-order valence-electron chi connectivity index (χ1n) is 8.00. The van der Waals surface area contributed by atoms with Crippen LogP contribution in [0.5, 0.6) is 0 Å². The number of hydrogen-bond donors (Lipinski definition) is 1. The summed E-state index contributed by atoms with van der Waals surface area (Å²) in [5.74, 6) is 2.14. The Morgan fingerprint density at radius 3 is 2.56 bits per heavy atom. The lowest BCUT2D eigenvalue weighted by Crippen LogP contribution is -2.48. The van der Waals surface area contributed by atoms with Crippen LogP contribution in [-0.4, -0.2) is 35.2 Å². The van der Waals surface area contributed by atoms with E-state index >= 15 is 0 Å². The van der Waals surface area contributed by atoms with Gasteiger partial charge in [-0.3, -0.25) is 4.90 Å². The van der Waals surface area contributed by atoms with E-state index in [1.54, 1.807) is 0 Å². The Morgan fingerprint density at radius 1 is 1.06 bits per heavy atom. The number of hydrogen-bond acceptors (Lipinski definition) is 2. The largest absolute Gasteiger partial charge is 0.393 e. The van der Waals surface area contributed by atoms with Gasteiger partial charge in [-0.15, -0.1) is 0 Å². The second-order valence-electron chi connectivity index (χ2n) is 6.98. The monoisotopic (exact) mass is 253 g/mol. The fraction of sp³-hybridized carbons (Fsp3) is 1.00. The van der Waals surface area contributed by atoms with Gasteiger partial charge in [0.1, 0.15) is 0 Å². The van der Waals surface area contributed by atoms with Crippen LogP contribution >= 0.6 is 0 Å². The fourth-order valence-corrected chi connectivity index (χ4v) is 3.95. The molecule has 0 radical (unpaired) electrons. The lowest BCUT2D eigenvalue weighted by atomic mass is 9.84. The quantitative estimate of drug-likeness (QED) is 0.763. The molecule has 2 heteroatoms. The smallest absolute Gasteiger partial charge is 0.0580 e. The molecule has 1 aliphatic heterocycles. The Hall–Kier alpha value is -0.0800. The van der Waals surface area contributed by atoms with Crippen LogP contribution in [0.4, 0.5) is 0 Å². The Bertz CT molecular complexity index is 255. The highest BCUT2D eigenvalue weighted by Crippen LogP contribution is 2.30. The van der Waals surface area contributed by atoms with E-state index in [1.807, 2.05) is 0 Å². The summed E-state index contributed by atoms with van der Waals surface area (Å²) in [6.07, 6.45) is 7.42. The zero-order valence-electron chi connectivity index (χ0n) is 12.4. The van der Waals surface area contributed by atoms with Gasteiger partial charge in [0.05, 0.1) is 6.10 Å². The molecule has 5 unspecified atom stereocenters. The molecule has 0 aromatic carbocycles. The summed E-state index contributed by atoms with van der Waals surface area (Å²) in [6, 6.07) is 0.691. The van der Waals surface area contributed by atoms with Gasteiger partial charge in [-0.05, 0) is 43.9 Å². The van der Waals surface area contributed by atoms with Gasteiger partial charge in [-0.25, -0.2) is 0 Å². The third kappa shape index (κ3) is 3.48. The zero-order chi connectivity index (χ0) is 13.1. The summed E-state index contributed by atoms with van der Waals surface area (Å²) >= 11 is 0. The van der Waals surface area contributed by atoms with Crippen LogP contribution in [0.1, 0.15) is 59.3 Å². The molecule has 0 spiro atoms. The van der Waals surface area contributed by atoms with E-state index in [9.17, 15) is 5.11 Å². The second kappa shape index (κ2) is 6.38. The van der Waals surface area contributed by atoms with E-state index in [0.717, 1.165) is 24.8 Å². The van der Waals surface area contributed by atoms with E-state index < -0.39 is 0 Å². The Kier molecular flexibility index (Phi) is 5.08. The highest BCUT2D eigenvalue weighted by Gasteiger charge is 2.32. The molecule has 0 aromatic rings. The van der Waals surface area contributed by atoms with Crippen molar-refractivity contribution in [2.75, 3.05) is 13.1 Å². The van der Waals surface area contributed by atoms with Crippen molar-refractivity contribution < 1.29 is 5.11 Å². The van der Waals surface area contributed by atoms with Crippen LogP contribution in [0.25, 0.3) is 0 Å². The van der Waals surface area contributed by atoms with Gasteiger partial charge in [0.15, 0.2) is 0 Å². The van der Waals surface area contributed by atoms with E-state index in [0.29, 0.717) is 12.0 Å². The van der Waals surface area contributed by atoms with Gasteiger partial charge in [-0.1, -0.05) is 33.1 Å². The van der Waals surface area contributed by atoms with Crippen molar-refractivity contribution in [2.45, 2.75) is 71.4 Å². The predicted molar refractivity (Wildman–Crippen MR) is 76.6 cm³/mol. The van der Waals surface area contributed by atoms with E-state index in [1.165, 1.54) is 38.6 Å². The number of likely N-dealkylation sites (tertiary alicyclic amines) is 1. The SMILES string of the molecule is CC1CC(C)C(C)N(CC2CCCCCC2O)C1. The van der Waals surface area contributed by atoms with Crippen LogP contribution < -0.4 is 0 Å². The third-order valence-electron chi connectivity index (χ3n) is 5.31. The van der Waals surface area contributed by atoms with Crippen LogP contribution in [0.15, 0.2) is 0 Å². The van der Waals surface area contributed by atoms with Crippen LogP contribution in [0.3, 0.4) is 0 Å². The molecule has 5 atom stereocenters. The summed E-state index contributed by atoms with van der Waals surface area (Å²) in [4.78, 5) is 2.65. The first-order chi connectivity index (χ1) is 8.58. The Morgan fingerprint density at radius 2 is 1.78 bits per heavy atom. The molecule has 1 N–H and O–H groups in total. The standard InChI is InChI=1S/C16H31NO/c1-12-9-13(2)14(3)17(10-12)11-15-7-5-4-6-8-16(15)18/h12-16,18H,4-11H2,1-3H3. The zero-order valence-corrected chi connectivity index (χ0v) is 12.4. The molecule has 1 heterocycles. The molecular formula is C16H31NO.